The Kier molecular flexibility index (Phi) is 6.01. The van der Waals surface area contributed by atoms with E-state index in [-0.39, 0.29) is 29.5 Å². The van der Waals surface area contributed by atoms with Gasteiger partial charge in [-0.05, 0) is 18.1 Å². The fraction of sp³-hybridized carbons (Fsp3) is 0.412. The van der Waals surface area contributed by atoms with Crippen LogP contribution >= 0.6 is 0 Å². The summed E-state index contributed by atoms with van der Waals surface area (Å²) in [5, 5.41) is -0.114. The average Bonchev–Trinajstić information content (AvgIpc) is 2.90. The third kappa shape index (κ3) is 4.40. The Morgan fingerprint density at radius 1 is 1.35 bits per heavy atom. The van der Waals surface area contributed by atoms with Crippen molar-refractivity contribution >= 4 is 16.1 Å². The standard InChI is InChI=1S/C17H21FN2O5S/c1-11(2)16-17(20(3)14(19-16)8-9-15(21)24-4)26(22,23)25-13-7-5-6-12(18)10-13/h5-7,10-11H,8-9H2,1-4H3. The molecule has 0 atom stereocenters. The lowest BCUT2D eigenvalue weighted by Crippen LogP contribution is -2.17. The zero-order valence-corrected chi connectivity index (χ0v) is 15.8. The van der Waals surface area contributed by atoms with Crippen LogP contribution in [-0.2, 0) is 33.1 Å². The van der Waals surface area contributed by atoms with E-state index >= 15 is 0 Å². The lowest BCUT2D eigenvalue weighted by Gasteiger charge is -2.11. The van der Waals surface area contributed by atoms with E-state index in [1.165, 1.54) is 36.9 Å². The number of hydrogen-bond acceptors (Lipinski definition) is 6. The fourth-order valence-electron chi connectivity index (χ4n) is 2.45. The van der Waals surface area contributed by atoms with Gasteiger partial charge in [-0.15, -0.1) is 0 Å². The number of hydrogen-bond donors (Lipinski definition) is 0. The molecule has 0 saturated carbocycles. The third-order valence-electron chi connectivity index (χ3n) is 3.73. The number of rotatable bonds is 7. The van der Waals surface area contributed by atoms with Gasteiger partial charge >= 0.3 is 16.1 Å². The highest BCUT2D eigenvalue weighted by molar-refractivity contribution is 7.87. The minimum Gasteiger partial charge on any atom is -0.469 e. The van der Waals surface area contributed by atoms with Crippen molar-refractivity contribution < 1.29 is 26.5 Å². The molecule has 0 unspecified atom stereocenters. The van der Waals surface area contributed by atoms with Gasteiger partial charge in [-0.25, -0.2) is 9.37 Å². The number of ether oxygens (including phenoxy) is 1. The van der Waals surface area contributed by atoms with E-state index in [1.807, 2.05) is 0 Å². The summed E-state index contributed by atoms with van der Waals surface area (Å²) < 4.78 is 49.9. The van der Waals surface area contributed by atoms with Crippen LogP contribution in [0, 0.1) is 5.82 Å². The Labute approximate surface area is 151 Å². The van der Waals surface area contributed by atoms with Crippen LogP contribution in [-0.4, -0.2) is 31.0 Å². The molecule has 1 aromatic heterocycles. The Bertz CT molecular complexity index is 906. The van der Waals surface area contributed by atoms with Gasteiger partial charge in [0.15, 0.2) is 5.03 Å². The van der Waals surface area contributed by atoms with Crippen LogP contribution in [0.15, 0.2) is 29.3 Å². The van der Waals surface area contributed by atoms with E-state index in [1.54, 1.807) is 13.8 Å². The Hall–Kier alpha value is -2.42. The maximum atomic E-state index is 13.3. The Morgan fingerprint density at radius 3 is 2.62 bits per heavy atom. The number of carbonyl (C=O) groups excluding carboxylic acids is 1. The third-order valence-corrected chi connectivity index (χ3v) is 5.10. The predicted molar refractivity (Wildman–Crippen MR) is 91.8 cm³/mol. The van der Waals surface area contributed by atoms with Gasteiger partial charge in [-0.2, -0.15) is 8.42 Å². The number of carbonyl (C=O) groups is 1. The normalized spacial score (nSPS) is 11.6. The minimum absolute atomic E-state index is 0.0725. The first kappa shape index (κ1) is 19.9. The summed E-state index contributed by atoms with van der Waals surface area (Å²) in [5.74, 6) is -0.934. The predicted octanol–water partition coefficient (Wildman–Crippen LogP) is 2.56. The molecule has 0 aliphatic heterocycles. The molecule has 0 spiro atoms. The van der Waals surface area contributed by atoms with Crippen LogP contribution in [0.25, 0.3) is 0 Å². The number of aromatic nitrogens is 2. The summed E-state index contributed by atoms with van der Waals surface area (Å²) in [6, 6.07) is 4.88. The van der Waals surface area contributed by atoms with E-state index in [9.17, 15) is 17.6 Å². The molecule has 9 heteroatoms. The number of nitrogens with zero attached hydrogens (tertiary/aromatic N) is 2. The summed E-state index contributed by atoms with van der Waals surface area (Å²) in [7, 11) is -1.43. The van der Waals surface area contributed by atoms with Crippen molar-refractivity contribution in [3.05, 3.63) is 41.6 Å². The van der Waals surface area contributed by atoms with Gasteiger partial charge in [0, 0.05) is 19.5 Å². The highest BCUT2D eigenvalue weighted by Crippen LogP contribution is 2.27. The van der Waals surface area contributed by atoms with Gasteiger partial charge in [0.2, 0.25) is 0 Å². The van der Waals surface area contributed by atoms with E-state index in [0.29, 0.717) is 11.5 Å². The first-order valence-electron chi connectivity index (χ1n) is 7.98. The maximum Gasteiger partial charge on any atom is 0.356 e. The number of aryl methyl sites for hydroxylation is 1. The van der Waals surface area contributed by atoms with Crippen molar-refractivity contribution in [2.75, 3.05) is 7.11 Å². The van der Waals surface area contributed by atoms with Gasteiger partial charge in [0.05, 0.1) is 19.2 Å². The van der Waals surface area contributed by atoms with Crippen LogP contribution in [0.5, 0.6) is 5.75 Å². The molecule has 1 aromatic carbocycles. The van der Waals surface area contributed by atoms with Crippen LogP contribution in [0.1, 0.15) is 37.7 Å². The summed E-state index contributed by atoms with van der Waals surface area (Å²) in [6.07, 6.45) is 0.293. The second-order valence-corrected chi connectivity index (χ2v) is 7.46. The zero-order chi connectivity index (χ0) is 19.5. The SMILES string of the molecule is COC(=O)CCc1nc(C(C)C)c(S(=O)(=O)Oc2cccc(F)c2)n1C. The number of methoxy groups -OCH3 is 1. The highest BCUT2D eigenvalue weighted by Gasteiger charge is 2.30. The highest BCUT2D eigenvalue weighted by atomic mass is 32.2. The van der Waals surface area contributed by atoms with Gasteiger partial charge < -0.3 is 13.5 Å². The van der Waals surface area contributed by atoms with Crippen molar-refractivity contribution in [3.8, 4) is 5.75 Å². The summed E-state index contributed by atoms with van der Waals surface area (Å²) >= 11 is 0. The van der Waals surface area contributed by atoms with E-state index in [4.69, 9.17) is 4.18 Å². The van der Waals surface area contributed by atoms with Crippen molar-refractivity contribution in [3.63, 3.8) is 0 Å². The smallest absolute Gasteiger partial charge is 0.356 e. The number of halogens is 1. The van der Waals surface area contributed by atoms with Crippen LogP contribution < -0.4 is 4.18 Å². The van der Waals surface area contributed by atoms with Gasteiger partial charge in [-0.1, -0.05) is 19.9 Å². The molecule has 0 aliphatic rings. The first-order chi connectivity index (χ1) is 12.2. The Morgan fingerprint density at radius 2 is 2.04 bits per heavy atom. The molecule has 0 radical (unpaired) electrons. The minimum atomic E-state index is -4.24. The van der Waals surface area contributed by atoms with Crippen LogP contribution in [0.2, 0.25) is 0 Å². The number of imidazole rings is 1. The quantitative estimate of drug-likeness (QED) is 0.539. The number of benzene rings is 1. The first-order valence-corrected chi connectivity index (χ1v) is 9.39. The summed E-state index contributed by atoms with van der Waals surface area (Å²) in [5.41, 5.74) is 0.323. The number of esters is 1. The largest absolute Gasteiger partial charge is 0.469 e. The lowest BCUT2D eigenvalue weighted by molar-refractivity contribution is -0.140. The topological polar surface area (TPSA) is 87.5 Å². The van der Waals surface area contributed by atoms with Crippen molar-refractivity contribution in [2.45, 2.75) is 37.6 Å². The van der Waals surface area contributed by atoms with E-state index < -0.39 is 21.9 Å². The second kappa shape index (κ2) is 7.86. The molecule has 0 saturated heterocycles. The fourth-order valence-corrected chi connectivity index (χ4v) is 3.86. The maximum absolute atomic E-state index is 13.3. The molecule has 142 valence electrons. The molecule has 2 rings (SSSR count). The molecule has 0 amide bonds. The Balaban J connectivity index is 2.42. The van der Waals surface area contributed by atoms with Crippen LogP contribution in [0.3, 0.4) is 0 Å². The average molecular weight is 384 g/mol. The van der Waals surface area contributed by atoms with Gasteiger partial charge in [-0.3, -0.25) is 4.79 Å². The summed E-state index contributed by atoms with van der Waals surface area (Å²) in [6.45, 7) is 3.60. The molecule has 0 fully saturated rings. The molecule has 26 heavy (non-hydrogen) atoms. The molecule has 0 aliphatic carbocycles. The summed E-state index contributed by atoms with van der Waals surface area (Å²) in [4.78, 5) is 15.7. The molecule has 0 bridgehead atoms. The molecular formula is C17H21FN2O5S. The molecular weight excluding hydrogens is 363 g/mol. The van der Waals surface area contributed by atoms with Crippen LogP contribution in [0.4, 0.5) is 4.39 Å². The molecule has 0 N–H and O–H groups in total. The van der Waals surface area contributed by atoms with Gasteiger partial charge in [0.1, 0.15) is 17.4 Å². The molecule has 1 heterocycles. The lowest BCUT2D eigenvalue weighted by atomic mass is 10.1. The van der Waals surface area contributed by atoms with E-state index in [2.05, 4.69) is 9.72 Å². The van der Waals surface area contributed by atoms with Crippen molar-refractivity contribution in [2.24, 2.45) is 7.05 Å². The van der Waals surface area contributed by atoms with Gasteiger partial charge in [0.25, 0.3) is 0 Å². The second-order valence-electron chi connectivity index (χ2n) is 6.00. The monoisotopic (exact) mass is 384 g/mol. The van der Waals surface area contributed by atoms with Crippen molar-refractivity contribution in [1.82, 2.24) is 9.55 Å². The molecule has 7 nitrogen and oxygen atoms in total. The van der Waals surface area contributed by atoms with E-state index in [0.717, 1.165) is 6.07 Å². The molecule has 2 aromatic rings. The zero-order valence-electron chi connectivity index (χ0n) is 15.0. The van der Waals surface area contributed by atoms with Crippen molar-refractivity contribution in [1.29, 1.82) is 0 Å².